The number of para-hydroxylation sites is 1. The molecule has 1 aliphatic heterocycles. The zero-order valence-corrected chi connectivity index (χ0v) is 39.4. The number of aliphatic hydroxyl groups is 4. The van der Waals surface area contributed by atoms with Crippen molar-refractivity contribution in [1.82, 2.24) is 29.8 Å². The summed E-state index contributed by atoms with van der Waals surface area (Å²) in [6.45, 7) is 4.36. The summed E-state index contributed by atoms with van der Waals surface area (Å²) >= 11 is 0. The van der Waals surface area contributed by atoms with E-state index < -0.39 is 0 Å². The minimum Gasteiger partial charge on any atom is -0.395 e. The largest absolute Gasteiger partial charge is 0.395 e. The molecule has 0 amide bonds. The molecule has 7 aromatic rings. The Hall–Kier alpha value is -7.29. The van der Waals surface area contributed by atoms with Gasteiger partial charge in [-0.25, -0.2) is 19.9 Å². The number of benzene rings is 4. The molecule has 1 fully saturated rings. The van der Waals surface area contributed by atoms with Gasteiger partial charge in [0, 0.05) is 79.5 Å². The first-order valence-electron chi connectivity index (χ1n) is 23.4. The standard InChI is InChI=1S/C19H31N7O4.C18H20N4O2.C14H8O2/c27-10-6-25(7-11-28)18-20-14-15-16(22-18)17(24-4-2-1-3-5-24)23-19(21-15)26(8-12-29)9-13-30;1-21(2)12-6-11-19-18-13-7-3-4-8-14(13)20-15-9-5-10-16(17(15)18)22(23)24;15-13-9-5-1-2-6-10(9)14(16)12-8-4-3-7-11(12)13/h14,27-30H,1-13H2;3-5,7-10H,6,11-12H2,1-2H3,(H,19,20);1-8H. The number of carbonyl (C=O) groups excluding carboxylic acids is 2. The van der Waals surface area contributed by atoms with Crippen molar-refractivity contribution in [3.8, 4) is 0 Å². The molecule has 3 aromatic heterocycles. The van der Waals surface area contributed by atoms with Gasteiger partial charge in [0.2, 0.25) is 11.9 Å². The van der Waals surface area contributed by atoms with Gasteiger partial charge in [-0.1, -0.05) is 72.8 Å². The normalized spacial score (nSPS) is 13.0. The van der Waals surface area contributed by atoms with Gasteiger partial charge in [-0.3, -0.25) is 19.7 Å². The maximum atomic E-state index is 12.1. The van der Waals surface area contributed by atoms with Crippen molar-refractivity contribution in [2.75, 3.05) is 113 Å². The monoisotopic (exact) mass is 953 g/mol. The van der Waals surface area contributed by atoms with E-state index in [1.165, 1.54) is 12.5 Å². The molecule has 1 saturated heterocycles. The molecule has 4 heterocycles. The summed E-state index contributed by atoms with van der Waals surface area (Å²) in [6.07, 6.45) is 5.88. The molecule has 19 nitrogen and oxygen atoms in total. The van der Waals surface area contributed by atoms with Crippen LogP contribution in [0, 0.1) is 10.1 Å². The Morgan fingerprint density at radius 2 is 1.17 bits per heavy atom. The van der Waals surface area contributed by atoms with Crippen LogP contribution in [0.2, 0.25) is 0 Å². The molecular formula is C51H59N11O8. The smallest absolute Gasteiger partial charge is 0.280 e. The Morgan fingerprint density at radius 3 is 1.73 bits per heavy atom. The van der Waals surface area contributed by atoms with Crippen LogP contribution >= 0.6 is 0 Å². The van der Waals surface area contributed by atoms with Gasteiger partial charge in [0.1, 0.15) is 16.4 Å². The van der Waals surface area contributed by atoms with Crippen molar-refractivity contribution in [2.45, 2.75) is 25.7 Å². The summed E-state index contributed by atoms with van der Waals surface area (Å²) in [5, 5.41) is 53.8. The van der Waals surface area contributed by atoms with Crippen molar-refractivity contribution in [3.05, 3.63) is 130 Å². The molecule has 366 valence electrons. The van der Waals surface area contributed by atoms with E-state index in [0.29, 0.717) is 88.1 Å². The third-order valence-electron chi connectivity index (χ3n) is 11.9. The Labute approximate surface area is 405 Å². The highest BCUT2D eigenvalue weighted by Crippen LogP contribution is 2.37. The van der Waals surface area contributed by atoms with Gasteiger partial charge < -0.3 is 45.3 Å². The number of pyridine rings is 1. The van der Waals surface area contributed by atoms with E-state index in [1.807, 2.05) is 44.4 Å². The third-order valence-corrected chi connectivity index (χ3v) is 11.9. The highest BCUT2D eigenvalue weighted by atomic mass is 16.6. The molecule has 0 bridgehead atoms. The Bertz CT molecular complexity index is 2820. The predicted molar refractivity (Wildman–Crippen MR) is 271 cm³/mol. The SMILES string of the molecule is CN(C)CCCNc1c2ccccc2nc2cccc([N+](=O)[O-])c12.O=C1c2ccccc2C(=O)c2ccccc21.OCCN(CCO)c1nc(N2CCCCC2)c2nc(N(CCO)CCO)ncc2n1. The number of nitrogens with one attached hydrogen (secondary N) is 1. The quantitative estimate of drug-likeness (QED) is 0.0344. The van der Waals surface area contributed by atoms with Crippen molar-refractivity contribution < 1.29 is 34.9 Å². The van der Waals surface area contributed by atoms with Gasteiger partial charge in [0.25, 0.3) is 5.69 Å². The van der Waals surface area contributed by atoms with Crippen LogP contribution in [0.5, 0.6) is 0 Å². The zero-order valence-electron chi connectivity index (χ0n) is 39.4. The first-order valence-corrected chi connectivity index (χ1v) is 23.4. The minimum atomic E-state index is -0.343. The molecule has 1 aliphatic carbocycles. The summed E-state index contributed by atoms with van der Waals surface area (Å²) in [4.78, 5) is 66.1. The Morgan fingerprint density at radius 1 is 0.629 bits per heavy atom. The summed E-state index contributed by atoms with van der Waals surface area (Å²) in [7, 11) is 4.06. The van der Waals surface area contributed by atoms with Crippen LogP contribution in [0.3, 0.4) is 0 Å². The van der Waals surface area contributed by atoms with Gasteiger partial charge in [0.15, 0.2) is 17.4 Å². The number of nitro benzene ring substituents is 1. The lowest BCUT2D eigenvalue weighted by molar-refractivity contribution is -0.383. The number of aromatic nitrogens is 5. The van der Waals surface area contributed by atoms with Crippen molar-refractivity contribution in [1.29, 1.82) is 0 Å². The molecular weight excluding hydrogens is 895 g/mol. The number of non-ortho nitro benzene ring substituents is 1. The van der Waals surface area contributed by atoms with E-state index in [4.69, 9.17) is 4.98 Å². The number of nitro groups is 1. The van der Waals surface area contributed by atoms with Crippen molar-refractivity contribution in [2.24, 2.45) is 0 Å². The van der Waals surface area contributed by atoms with Gasteiger partial charge in [-0.15, -0.1) is 0 Å². The average Bonchev–Trinajstić information content (AvgIpc) is 3.38. The molecule has 4 aromatic carbocycles. The van der Waals surface area contributed by atoms with E-state index in [2.05, 4.69) is 35.1 Å². The summed E-state index contributed by atoms with van der Waals surface area (Å²) in [6, 6.07) is 26.7. The number of hydrogen-bond acceptors (Lipinski definition) is 18. The van der Waals surface area contributed by atoms with Gasteiger partial charge in [0.05, 0.1) is 54.3 Å². The van der Waals surface area contributed by atoms with E-state index in [9.17, 15) is 40.1 Å². The molecule has 9 rings (SSSR count). The van der Waals surface area contributed by atoms with Crippen LogP contribution in [0.15, 0.2) is 97.2 Å². The van der Waals surface area contributed by atoms with Crippen LogP contribution in [0.4, 0.5) is 29.1 Å². The zero-order chi connectivity index (χ0) is 49.6. The van der Waals surface area contributed by atoms with Crippen LogP contribution in [0.25, 0.3) is 32.8 Å². The molecule has 2 aliphatic rings. The van der Waals surface area contributed by atoms with Crippen LogP contribution < -0.4 is 20.0 Å². The molecule has 0 spiro atoms. The number of hydrogen-bond donors (Lipinski definition) is 5. The van der Waals surface area contributed by atoms with Crippen LogP contribution in [-0.2, 0) is 0 Å². The second-order valence-electron chi connectivity index (χ2n) is 16.9. The Balaban J connectivity index is 0.000000161. The fraction of sp³-hybridized carbons (Fsp3) is 0.353. The van der Waals surface area contributed by atoms with Crippen molar-refractivity contribution >= 4 is 73.5 Å². The molecule has 5 N–H and O–H groups in total. The number of ketones is 2. The number of anilines is 4. The fourth-order valence-corrected chi connectivity index (χ4v) is 8.54. The minimum absolute atomic E-state index is 0.0641. The second-order valence-corrected chi connectivity index (χ2v) is 16.9. The second kappa shape index (κ2) is 24.3. The van der Waals surface area contributed by atoms with E-state index in [-0.39, 0.29) is 48.6 Å². The third kappa shape index (κ3) is 11.8. The fourth-order valence-electron chi connectivity index (χ4n) is 8.54. The van der Waals surface area contributed by atoms with Gasteiger partial charge in [-0.2, -0.15) is 4.98 Å². The summed E-state index contributed by atoms with van der Waals surface area (Å²) in [5.41, 5.74) is 5.55. The molecule has 0 saturated carbocycles. The number of aliphatic hydroxyl groups excluding tert-OH is 4. The van der Waals surface area contributed by atoms with E-state index in [1.54, 1.807) is 70.6 Å². The van der Waals surface area contributed by atoms with Gasteiger partial charge >= 0.3 is 0 Å². The number of rotatable bonds is 17. The lowest BCUT2D eigenvalue weighted by Crippen LogP contribution is -2.34. The average molecular weight is 954 g/mol. The van der Waals surface area contributed by atoms with Gasteiger partial charge in [-0.05, 0) is 58.5 Å². The number of nitrogens with zero attached hydrogens (tertiary/aromatic N) is 10. The number of fused-ring (bicyclic) bond motifs is 5. The molecule has 19 heteroatoms. The Kier molecular flexibility index (Phi) is 17.6. The predicted octanol–water partition coefficient (Wildman–Crippen LogP) is 5.11. The first kappa shape index (κ1) is 50.6. The summed E-state index contributed by atoms with van der Waals surface area (Å²) < 4.78 is 0. The topological polar surface area (TPSA) is 248 Å². The number of carbonyl (C=O) groups is 2. The van der Waals surface area contributed by atoms with E-state index in [0.717, 1.165) is 62.0 Å². The highest BCUT2D eigenvalue weighted by Gasteiger charge is 2.29. The first-order chi connectivity index (χ1) is 34.1. The summed E-state index contributed by atoms with van der Waals surface area (Å²) in [5.74, 6) is 1.40. The maximum absolute atomic E-state index is 12.1. The maximum Gasteiger partial charge on any atom is 0.280 e. The molecule has 70 heavy (non-hydrogen) atoms. The van der Waals surface area contributed by atoms with Crippen molar-refractivity contribution in [3.63, 3.8) is 0 Å². The highest BCUT2D eigenvalue weighted by molar-refractivity contribution is 6.28. The number of piperidine rings is 1. The lowest BCUT2D eigenvalue weighted by atomic mass is 9.84. The van der Waals surface area contributed by atoms with E-state index >= 15 is 0 Å². The molecule has 0 unspecified atom stereocenters. The van der Waals surface area contributed by atoms with Crippen LogP contribution in [0.1, 0.15) is 57.5 Å². The molecule has 0 atom stereocenters. The lowest BCUT2D eigenvalue weighted by Gasteiger charge is -2.30. The molecule has 0 radical (unpaired) electrons. The van der Waals surface area contributed by atoms with Crippen LogP contribution in [-0.4, -0.2) is 160 Å².